The second-order valence-corrected chi connectivity index (χ2v) is 4.13. The summed E-state index contributed by atoms with van der Waals surface area (Å²) in [4.78, 5) is 0. The second-order valence-electron chi connectivity index (χ2n) is 4.13. The maximum Gasteiger partial charge on any atom is 0.416 e. The Labute approximate surface area is 112 Å². The minimum absolute atomic E-state index is 0.149. The zero-order valence-corrected chi connectivity index (χ0v) is 10.1. The van der Waals surface area contributed by atoms with Gasteiger partial charge in [0, 0.05) is 17.8 Å². The van der Waals surface area contributed by atoms with E-state index in [0.717, 1.165) is 24.3 Å². The molecule has 0 radical (unpaired) electrons. The predicted molar refractivity (Wildman–Crippen MR) is 65.1 cm³/mol. The first-order valence-corrected chi connectivity index (χ1v) is 5.72. The molecule has 0 saturated carbocycles. The van der Waals surface area contributed by atoms with E-state index >= 15 is 0 Å². The molecule has 0 aliphatic heterocycles. The number of nitrogens with one attached hydrogen (secondary N) is 1. The van der Waals surface area contributed by atoms with E-state index in [4.69, 9.17) is 0 Å². The molecule has 0 aromatic heterocycles. The lowest BCUT2D eigenvalue weighted by molar-refractivity contribution is -0.137. The van der Waals surface area contributed by atoms with Crippen molar-refractivity contribution in [2.45, 2.75) is 12.7 Å². The molecule has 20 heavy (non-hydrogen) atoms. The van der Waals surface area contributed by atoms with Gasteiger partial charge in [0.05, 0.1) is 5.56 Å². The highest BCUT2D eigenvalue weighted by Crippen LogP contribution is 2.29. The van der Waals surface area contributed by atoms with Gasteiger partial charge in [0.15, 0.2) is 0 Å². The average Bonchev–Trinajstić information content (AvgIpc) is 2.37. The number of anilines is 1. The summed E-state index contributed by atoms with van der Waals surface area (Å²) in [7, 11) is 0. The lowest BCUT2D eigenvalue weighted by atomic mass is 10.1. The summed E-state index contributed by atoms with van der Waals surface area (Å²) < 4.78 is 63.8. The Bertz CT molecular complexity index is 569. The van der Waals surface area contributed by atoms with Gasteiger partial charge in [-0.15, -0.1) is 0 Å². The van der Waals surface area contributed by atoms with E-state index in [-0.39, 0.29) is 12.1 Å². The summed E-state index contributed by atoms with van der Waals surface area (Å²) in [6.45, 7) is -0.149. The molecule has 2 rings (SSSR count). The van der Waals surface area contributed by atoms with Crippen molar-refractivity contribution in [3.63, 3.8) is 0 Å². The molecule has 2 aromatic carbocycles. The highest BCUT2D eigenvalue weighted by Gasteiger charge is 2.29. The summed E-state index contributed by atoms with van der Waals surface area (Å²) >= 11 is 0. The van der Waals surface area contributed by atoms with Crippen LogP contribution < -0.4 is 5.32 Å². The molecule has 0 saturated heterocycles. The Hall–Kier alpha value is -2.11. The third kappa shape index (κ3) is 3.26. The largest absolute Gasteiger partial charge is 0.416 e. The van der Waals surface area contributed by atoms with Crippen molar-refractivity contribution in [2.24, 2.45) is 0 Å². The molecule has 1 N–H and O–H groups in total. The summed E-state index contributed by atoms with van der Waals surface area (Å²) in [5, 5.41) is 2.67. The molecule has 1 nitrogen and oxygen atoms in total. The second kappa shape index (κ2) is 5.48. The number of halogens is 5. The van der Waals surface area contributed by atoms with Gasteiger partial charge in [-0.2, -0.15) is 13.2 Å². The zero-order chi connectivity index (χ0) is 14.8. The van der Waals surface area contributed by atoms with Crippen molar-refractivity contribution in [2.75, 3.05) is 5.32 Å². The smallest absolute Gasteiger partial charge is 0.381 e. The Balaban J connectivity index is 2.08. The summed E-state index contributed by atoms with van der Waals surface area (Å²) in [6, 6.07) is 7.70. The van der Waals surface area contributed by atoms with Crippen LogP contribution in [0.4, 0.5) is 27.6 Å². The lowest BCUT2D eigenvalue weighted by Crippen LogP contribution is -2.06. The summed E-state index contributed by atoms with van der Waals surface area (Å²) in [5.74, 6) is -1.41. The molecular weight excluding hydrogens is 277 g/mol. The quantitative estimate of drug-likeness (QED) is 0.814. The average molecular weight is 287 g/mol. The Kier molecular flexibility index (Phi) is 3.92. The van der Waals surface area contributed by atoms with Crippen LogP contribution in [0.1, 0.15) is 11.1 Å². The number of hydrogen-bond donors (Lipinski definition) is 1. The van der Waals surface area contributed by atoms with E-state index in [9.17, 15) is 22.0 Å². The van der Waals surface area contributed by atoms with E-state index < -0.39 is 23.4 Å². The molecule has 0 aliphatic carbocycles. The molecule has 106 valence electrons. The third-order valence-corrected chi connectivity index (χ3v) is 2.74. The molecule has 0 atom stereocenters. The Morgan fingerprint density at radius 1 is 0.850 bits per heavy atom. The standard InChI is InChI=1S/C14H10F5N/c15-12-2-1-3-13(16)11(12)8-20-10-6-4-9(5-7-10)14(17,18)19/h1-7,20H,8H2. The van der Waals surface area contributed by atoms with Gasteiger partial charge in [-0.25, -0.2) is 8.78 Å². The van der Waals surface area contributed by atoms with Gasteiger partial charge >= 0.3 is 6.18 Å². The normalized spacial score (nSPS) is 11.4. The predicted octanol–water partition coefficient (Wildman–Crippen LogP) is 4.60. The van der Waals surface area contributed by atoms with E-state index in [0.29, 0.717) is 5.69 Å². The van der Waals surface area contributed by atoms with Gasteiger partial charge in [-0.3, -0.25) is 0 Å². The van der Waals surface area contributed by atoms with Crippen molar-refractivity contribution >= 4 is 5.69 Å². The molecule has 0 spiro atoms. The van der Waals surface area contributed by atoms with Gasteiger partial charge in [-0.1, -0.05) is 6.07 Å². The van der Waals surface area contributed by atoms with Gasteiger partial charge in [0.2, 0.25) is 0 Å². The maximum absolute atomic E-state index is 13.3. The van der Waals surface area contributed by atoms with Crippen molar-refractivity contribution in [1.29, 1.82) is 0 Å². The molecule has 0 bridgehead atoms. The van der Waals surface area contributed by atoms with Crippen LogP contribution in [0.5, 0.6) is 0 Å². The lowest BCUT2D eigenvalue weighted by Gasteiger charge is -2.10. The van der Waals surface area contributed by atoms with Gasteiger partial charge < -0.3 is 5.32 Å². The van der Waals surface area contributed by atoms with E-state index in [1.165, 1.54) is 18.2 Å². The molecule has 2 aromatic rings. The van der Waals surface area contributed by atoms with Crippen LogP contribution >= 0.6 is 0 Å². The van der Waals surface area contributed by atoms with Gasteiger partial charge in [0.1, 0.15) is 11.6 Å². The molecule has 6 heteroatoms. The van der Waals surface area contributed by atoms with Gasteiger partial charge in [-0.05, 0) is 36.4 Å². The maximum atomic E-state index is 13.3. The molecule has 0 aliphatic rings. The fraction of sp³-hybridized carbons (Fsp3) is 0.143. The van der Waals surface area contributed by atoms with Crippen LogP contribution in [0.3, 0.4) is 0 Å². The number of benzene rings is 2. The van der Waals surface area contributed by atoms with Crippen molar-refractivity contribution in [3.8, 4) is 0 Å². The number of hydrogen-bond acceptors (Lipinski definition) is 1. The third-order valence-electron chi connectivity index (χ3n) is 2.74. The zero-order valence-electron chi connectivity index (χ0n) is 10.1. The molecule has 0 heterocycles. The Morgan fingerprint density at radius 2 is 1.40 bits per heavy atom. The van der Waals surface area contributed by atoms with Gasteiger partial charge in [0.25, 0.3) is 0 Å². The first-order valence-electron chi connectivity index (χ1n) is 5.72. The number of alkyl halides is 3. The minimum atomic E-state index is -4.41. The molecule has 0 fully saturated rings. The van der Waals surface area contributed by atoms with Crippen LogP contribution in [0.2, 0.25) is 0 Å². The van der Waals surface area contributed by atoms with Crippen LogP contribution in [-0.2, 0) is 12.7 Å². The van der Waals surface area contributed by atoms with Crippen LogP contribution in [-0.4, -0.2) is 0 Å². The summed E-state index contributed by atoms with van der Waals surface area (Å²) in [6.07, 6.45) is -4.41. The fourth-order valence-electron chi connectivity index (χ4n) is 1.67. The topological polar surface area (TPSA) is 12.0 Å². The molecular formula is C14H10F5N. The molecule has 0 unspecified atom stereocenters. The SMILES string of the molecule is Fc1cccc(F)c1CNc1ccc(C(F)(F)F)cc1. The van der Waals surface area contributed by atoms with Crippen LogP contribution in [0.25, 0.3) is 0 Å². The highest BCUT2D eigenvalue weighted by molar-refractivity contribution is 5.45. The van der Waals surface area contributed by atoms with E-state index in [1.807, 2.05) is 0 Å². The Morgan fingerprint density at radius 3 is 1.90 bits per heavy atom. The molecule has 0 amide bonds. The van der Waals surface area contributed by atoms with Crippen molar-refractivity contribution in [1.82, 2.24) is 0 Å². The summed E-state index contributed by atoms with van der Waals surface area (Å²) in [5.41, 5.74) is -0.590. The van der Waals surface area contributed by atoms with Crippen LogP contribution in [0, 0.1) is 11.6 Å². The number of rotatable bonds is 3. The monoisotopic (exact) mass is 287 g/mol. The van der Waals surface area contributed by atoms with E-state index in [2.05, 4.69) is 5.32 Å². The van der Waals surface area contributed by atoms with Crippen molar-refractivity contribution < 1.29 is 22.0 Å². The minimum Gasteiger partial charge on any atom is -0.381 e. The highest BCUT2D eigenvalue weighted by atomic mass is 19.4. The van der Waals surface area contributed by atoms with Crippen molar-refractivity contribution in [3.05, 3.63) is 65.2 Å². The first-order chi connectivity index (χ1) is 9.38. The fourth-order valence-corrected chi connectivity index (χ4v) is 1.67. The first kappa shape index (κ1) is 14.3. The van der Waals surface area contributed by atoms with Crippen LogP contribution in [0.15, 0.2) is 42.5 Å². The van der Waals surface area contributed by atoms with E-state index in [1.54, 1.807) is 0 Å².